The molecule has 0 aromatic heterocycles. The van der Waals surface area contributed by atoms with Crippen LogP contribution in [-0.2, 0) is 0 Å². The van der Waals surface area contributed by atoms with Gasteiger partial charge < -0.3 is 9.84 Å². The van der Waals surface area contributed by atoms with Crippen LogP contribution in [0.3, 0.4) is 0 Å². The maximum absolute atomic E-state index is 8.72. The van der Waals surface area contributed by atoms with Gasteiger partial charge in [-0.2, -0.15) is 0 Å². The molecule has 2 nitrogen and oxygen atoms in total. The van der Waals surface area contributed by atoms with E-state index in [1.165, 1.54) is 25.7 Å². The molecule has 1 rings (SSSR count). The summed E-state index contributed by atoms with van der Waals surface area (Å²) in [5, 5.41) is 8.72. The van der Waals surface area contributed by atoms with Crippen molar-refractivity contribution in [3.05, 3.63) is 29.8 Å². The molecule has 0 atom stereocenters. The zero-order valence-corrected chi connectivity index (χ0v) is 11.8. The lowest BCUT2D eigenvalue weighted by atomic mass is 10.1. The van der Waals surface area contributed by atoms with Gasteiger partial charge in [-0.1, -0.05) is 56.6 Å². The van der Waals surface area contributed by atoms with Crippen LogP contribution in [0.5, 0.6) is 5.75 Å². The van der Waals surface area contributed by atoms with Crippen LogP contribution in [0.4, 0.5) is 0 Å². The van der Waals surface area contributed by atoms with E-state index in [2.05, 4.69) is 18.8 Å². The molecule has 0 aliphatic rings. The largest absolute Gasteiger partial charge is 0.492 e. The van der Waals surface area contributed by atoms with Crippen LogP contribution < -0.4 is 4.74 Å². The standard InChI is InChI=1S/C17H24O2/c1-2-3-4-5-10-15-19-17-13-7-6-11-16(17)12-8-9-14-18/h6-7,11,13,18H,2-5,9-10,14-15H2,1H3. The van der Waals surface area contributed by atoms with Crippen molar-refractivity contribution in [3.63, 3.8) is 0 Å². The minimum absolute atomic E-state index is 0.105. The third-order valence-corrected chi connectivity index (χ3v) is 2.85. The van der Waals surface area contributed by atoms with E-state index < -0.39 is 0 Å². The Bertz CT molecular complexity index is 401. The number of aliphatic hydroxyl groups is 1. The zero-order chi connectivity index (χ0) is 13.8. The quantitative estimate of drug-likeness (QED) is 0.569. The van der Waals surface area contributed by atoms with Gasteiger partial charge in [-0.25, -0.2) is 0 Å². The Morgan fingerprint density at radius 1 is 1.11 bits per heavy atom. The van der Waals surface area contributed by atoms with Crippen LogP contribution in [0.1, 0.15) is 51.0 Å². The number of hydrogen-bond acceptors (Lipinski definition) is 2. The van der Waals surface area contributed by atoms with E-state index in [9.17, 15) is 0 Å². The summed E-state index contributed by atoms with van der Waals surface area (Å²) in [4.78, 5) is 0. The summed E-state index contributed by atoms with van der Waals surface area (Å²) in [6.07, 6.45) is 6.70. The van der Waals surface area contributed by atoms with Gasteiger partial charge in [0.1, 0.15) is 5.75 Å². The van der Waals surface area contributed by atoms with Gasteiger partial charge in [0, 0.05) is 6.42 Å². The van der Waals surface area contributed by atoms with E-state index in [1.54, 1.807) is 0 Å². The lowest BCUT2D eigenvalue weighted by Gasteiger charge is -2.07. The van der Waals surface area contributed by atoms with Crippen LogP contribution in [-0.4, -0.2) is 18.3 Å². The third kappa shape index (κ3) is 6.88. The molecule has 0 saturated carbocycles. The smallest absolute Gasteiger partial charge is 0.134 e. The maximum Gasteiger partial charge on any atom is 0.134 e. The van der Waals surface area contributed by atoms with Crippen molar-refractivity contribution >= 4 is 0 Å². The van der Waals surface area contributed by atoms with Gasteiger partial charge in [0.25, 0.3) is 0 Å². The minimum atomic E-state index is 0.105. The van der Waals surface area contributed by atoms with Crippen LogP contribution in [0, 0.1) is 11.8 Å². The molecule has 0 saturated heterocycles. The van der Waals surface area contributed by atoms with Crippen LogP contribution in [0.2, 0.25) is 0 Å². The maximum atomic E-state index is 8.72. The third-order valence-electron chi connectivity index (χ3n) is 2.85. The minimum Gasteiger partial charge on any atom is -0.492 e. The second kappa shape index (κ2) is 10.5. The Labute approximate surface area is 116 Å². The van der Waals surface area contributed by atoms with E-state index in [1.807, 2.05) is 24.3 Å². The number of ether oxygens (including phenoxy) is 1. The molecular formula is C17H24O2. The summed E-state index contributed by atoms with van der Waals surface area (Å²) in [5.41, 5.74) is 0.907. The van der Waals surface area contributed by atoms with Gasteiger partial charge in [-0.3, -0.25) is 0 Å². The average Bonchev–Trinajstić information content (AvgIpc) is 2.44. The summed E-state index contributed by atoms with van der Waals surface area (Å²) in [6, 6.07) is 7.83. The Hall–Kier alpha value is -1.46. The van der Waals surface area contributed by atoms with Crippen molar-refractivity contribution < 1.29 is 9.84 Å². The van der Waals surface area contributed by atoms with E-state index in [4.69, 9.17) is 9.84 Å². The van der Waals surface area contributed by atoms with E-state index in [-0.39, 0.29) is 6.61 Å². The first-order valence-corrected chi connectivity index (χ1v) is 7.20. The first-order valence-electron chi connectivity index (χ1n) is 7.20. The predicted octanol–water partition coefficient (Wildman–Crippen LogP) is 3.77. The highest BCUT2D eigenvalue weighted by molar-refractivity contribution is 5.45. The van der Waals surface area contributed by atoms with Gasteiger partial charge in [0.15, 0.2) is 0 Å². The molecule has 2 heteroatoms. The van der Waals surface area contributed by atoms with Crippen LogP contribution in [0.25, 0.3) is 0 Å². The Morgan fingerprint density at radius 3 is 2.68 bits per heavy atom. The summed E-state index contributed by atoms with van der Waals surface area (Å²) in [7, 11) is 0. The molecule has 1 N–H and O–H groups in total. The molecule has 1 aromatic carbocycles. The predicted molar refractivity (Wildman–Crippen MR) is 79.3 cm³/mol. The fraction of sp³-hybridized carbons (Fsp3) is 0.529. The van der Waals surface area contributed by atoms with Crippen molar-refractivity contribution in [2.24, 2.45) is 0 Å². The second-order valence-corrected chi connectivity index (χ2v) is 4.53. The molecule has 0 aliphatic carbocycles. The Morgan fingerprint density at radius 2 is 1.89 bits per heavy atom. The fourth-order valence-electron chi connectivity index (χ4n) is 1.80. The highest BCUT2D eigenvalue weighted by Gasteiger charge is 1.99. The first-order chi connectivity index (χ1) is 9.38. The SMILES string of the molecule is CCCCCCCOc1ccccc1C#CCCO. The molecule has 0 unspecified atom stereocenters. The molecule has 0 bridgehead atoms. The van der Waals surface area contributed by atoms with Crippen molar-refractivity contribution in [1.29, 1.82) is 0 Å². The number of aliphatic hydroxyl groups excluding tert-OH is 1. The molecule has 0 aliphatic heterocycles. The van der Waals surface area contributed by atoms with Crippen LogP contribution >= 0.6 is 0 Å². The average molecular weight is 260 g/mol. The monoisotopic (exact) mass is 260 g/mol. The van der Waals surface area contributed by atoms with Gasteiger partial charge >= 0.3 is 0 Å². The zero-order valence-electron chi connectivity index (χ0n) is 11.8. The number of unbranched alkanes of at least 4 members (excludes halogenated alkanes) is 4. The summed E-state index contributed by atoms with van der Waals surface area (Å²) < 4.78 is 5.78. The molecule has 19 heavy (non-hydrogen) atoms. The summed E-state index contributed by atoms with van der Waals surface area (Å²) >= 11 is 0. The van der Waals surface area contributed by atoms with Crippen molar-refractivity contribution in [1.82, 2.24) is 0 Å². The molecule has 0 radical (unpaired) electrons. The molecule has 0 amide bonds. The fourth-order valence-corrected chi connectivity index (χ4v) is 1.80. The highest BCUT2D eigenvalue weighted by atomic mass is 16.5. The number of hydrogen-bond donors (Lipinski definition) is 1. The van der Waals surface area contributed by atoms with Crippen molar-refractivity contribution in [2.75, 3.05) is 13.2 Å². The van der Waals surface area contributed by atoms with E-state index >= 15 is 0 Å². The van der Waals surface area contributed by atoms with Crippen LogP contribution in [0.15, 0.2) is 24.3 Å². The highest BCUT2D eigenvalue weighted by Crippen LogP contribution is 2.17. The molecule has 0 heterocycles. The lowest BCUT2D eigenvalue weighted by Crippen LogP contribution is -1.99. The van der Waals surface area contributed by atoms with E-state index in [0.717, 1.165) is 24.3 Å². The number of benzene rings is 1. The Balaban J connectivity index is 2.38. The molecule has 0 fully saturated rings. The van der Waals surface area contributed by atoms with Gasteiger partial charge in [-0.05, 0) is 18.6 Å². The molecule has 1 aromatic rings. The van der Waals surface area contributed by atoms with E-state index in [0.29, 0.717) is 6.42 Å². The second-order valence-electron chi connectivity index (χ2n) is 4.53. The molecular weight excluding hydrogens is 236 g/mol. The number of para-hydroxylation sites is 1. The van der Waals surface area contributed by atoms with Gasteiger partial charge in [0.05, 0.1) is 18.8 Å². The summed E-state index contributed by atoms with van der Waals surface area (Å²) in [5.74, 6) is 6.82. The topological polar surface area (TPSA) is 29.5 Å². The molecule has 0 spiro atoms. The normalized spacial score (nSPS) is 9.79. The summed E-state index contributed by atoms with van der Waals surface area (Å²) in [6.45, 7) is 3.08. The lowest BCUT2D eigenvalue weighted by molar-refractivity contribution is 0.303. The molecule has 104 valence electrons. The van der Waals surface area contributed by atoms with Crippen molar-refractivity contribution in [2.45, 2.75) is 45.4 Å². The van der Waals surface area contributed by atoms with Gasteiger partial charge in [0.2, 0.25) is 0 Å². The van der Waals surface area contributed by atoms with Gasteiger partial charge in [-0.15, -0.1) is 0 Å². The first kappa shape index (κ1) is 15.6. The number of rotatable bonds is 8. The van der Waals surface area contributed by atoms with Crippen molar-refractivity contribution in [3.8, 4) is 17.6 Å². The Kier molecular flexibility index (Phi) is 8.59.